The summed E-state index contributed by atoms with van der Waals surface area (Å²) in [6, 6.07) is 12.8. The predicted molar refractivity (Wildman–Crippen MR) is 134 cm³/mol. The summed E-state index contributed by atoms with van der Waals surface area (Å²) in [6.45, 7) is 2.12. The minimum atomic E-state index is -1.03. The van der Waals surface area contributed by atoms with E-state index in [0.29, 0.717) is 28.7 Å². The highest BCUT2D eigenvalue weighted by Crippen LogP contribution is 2.31. The molecule has 1 aliphatic carbocycles. The quantitative estimate of drug-likeness (QED) is 0.437. The Labute approximate surface area is 208 Å². The third kappa shape index (κ3) is 6.10. The van der Waals surface area contributed by atoms with Crippen molar-refractivity contribution in [1.29, 1.82) is 0 Å². The zero-order valence-electron chi connectivity index (χ0n) is 19.6. The summed E-state index contributed by atoms with van der Waals surface area (Å²) in [6.07, 6.45) is 5.42. The minimum Gasteiger partial charge on any atom is -0.494 e. The van der Waals surface area contributed by atoms with Gasteiger partial charge in [-0.25, -0.2) is 0 Å². The topological polar surface area (TPSA) is 101 Å². The van der Waals surface area contributed by atoms with Crippen LogP contribution in [0.3, 0.4) is 0 Å². The Bertz CT molecular complexity index is 1110. The number of rotatable bonds is 10. The van der Waals surface area contributed by atoms with Crippen molar-refractivity contribution in [1.82, 2.24) is 10.6 Å². The van der Waals surface area contributed by atoms with Crippen LogP contribution in [0.5, 0.6) is 5.75 Å². The third-order valence-electron chi connectivity index (χ3n) is 5.86. The molecule has 1 atom stereocenters. The largest absolute Gasteiger partial charge is 0.494 e. The Hall–Kier alpha value is -3.59. The first-order chi connectivity index (χ1) is 17.1. The molecule has 1 fully saturated rings. The van der Waals surface area contributed by atoms with Gasteiger partial charge in [-0.2, -0.15) is 0 Å². The van der Waals surface area contributed by atoms with E-state index in [1.165, 1.54) is 22.5 Å². The van der Waals surface area contributed by atoms with Gasteiger partial charge < -0.3 is 19.8 Å². The van der Waals surface area contributed by atoms with Gasteiger partial charge in [-0.05, 0) is 67.6 Å². The number of carbonyl (C=O) groups excluding carboxylic acids is 3. The number of carbonyl (C=O) groups is 3. The van der Waals surface area contributed by atoms with Gasteiger partial charge in [-0.1, -0.05) is 18.9 Å². The van der Waals surface area contributed by atoms with Gasteiger partial charge in [0.25, 0.3) is 11.8 Å². The number of amides is 3. The Morgan fingerprint density at radius 1 is 1.11 bits per heavy atom. The van der Waals surface area contributed by atoms with Gasteiger partial charge in [0.15, 0.2) is 6.04 Å². The van der Waals surface area contributed by atoms with Gasteiger partial charge in [-0.15, -0.1) is 11.3 Å². The normalized spacial score (nSPS) is 14.3. The minimum absolute atomic E-state index is 0.0655. The van der Waals surface area contributed by atoms with Crippen molar-refractivity contribution in [2.45, 2.75) is 44.7 Å². The molecule has 2 aromatic heterocycles. The maximum atomic E-state index is 13.6. The molecule has 2 heterocycles. The van der Waals surface area contributed by atoms with Crippen molar-refractivity contribution in [3.63, 3.8) is 0 Å². The maximum Gasteiger partial charge on any atom is 0.261 e. The number of hydrogen-bond donors (Lipinski definition) is 2. The molecule has 0 aliphatic heterocycles. The van der Waals surface area contributed by atoms with Crippen molar-refractivity contribution >= 4 is 34.7 Å². The van der Waals surface area contributed by atoms with Crippen LogP contribution < -0.4 is 20.3 Å². The second-order valence-electron chi connectivity index (χ2n) is 8.26. The van der Waals surface area contributed by atoms with Crippen LogP contribution in [-0.4, -0.2) is 36.9 Å². The number of anilines is 1. The highest BCUT2D eigenvalue weighted by atomic mass is 32.1. The molecule has 35 heavy (non-hydrogen) atoms. The van der Waals surface area contributed by atoms with Crippen LogP contribution in [0.15, 0.2) is 64.6 Å². The molecule has 0 spiro atoms. The molecule has 2 N–H and O–H groups in total. The number of benzene rings is 1. The maximum absolute atomic E-state index is 13.6. The summed E-state index contributed by atoms with van der Waals surface area (Å²) in [5.41, 5.74) is 0.492. The number of nitrogens with one attached hydrogen (secondary N) is 2. The van der Waals surface area contributed by atoms with Crippen LogP contribution in [0, 0.1) is 0 Å². The lowest BCUT2D eigenvalue weighted by atomic mass is 10.1. The summed E-state index contributed by atoms with van der Waals surface area (Å²) in [7, 11) is 0. The average molecular weight is 496 g/mol. The standard InChI is InChI=1S/C26H29N3O5S/c1-2-33-20-13-11-19(12-14-20)29(23(30)17-27-25(31)22-10-6-16-35-22)24(21-9-5-15-34-21)26(32)28-18-7-3-4-8-18/h5-6,9-16,18,24H,2-4,7-8,17H2,1H3,(H,27,31)(H,28,32). The fraction of sp³-hybridized carbons (Fsp3) is 0.346. The van der Waals surface area contributed by atoms with E-state index in [1.807, 2.05) is 6.92 Å². The lowest BCUT2D eigenvalue weighted by Gasteiger charge is -2.31. The molecule has 3 amide bonds. The Balaban J connectivity index is 1.63. The molecule has 0 saturated heterocycles. The lowest BCUT2D eigenvalue weighted by molar-refractivity contribution is -0.127. The van der Waals surface area contributed by atoms with Gasteiger partial charge >= 0.3 is 0 Å². The van der Waals surface area contributed by atoms with E-state index in [1.54, 1.807) is 53.9 Å². The first kappa shape index (κ1) is 24.5. The summed E-state index contributed by atoms with van der Waals surface area (Å²) in [5.74, 6) is -0.113. The van der Waals surface area contributed by atoms with Gasteiger partial charge in [0.1, 0.15) is 11.5 Å². The third-order valence-corrected chi connectivity index (χ3v) is 6.73. The molecule has 184 valence electrons. The van der Waals surface area contributed by atoms with Crippen molar-refractivity contribution in [2.24, 2.45) is 0 Å². The number of furan rings is 1. The van der Waals surface area contributed by atoms with Crippen LogP contribution in [-0.2, 0) is 9.59 Å². The summed E-state index contributed by atoms with van der Waals surface area (Å²) < 4.78 is 11.1. The molecule has 4 rings (SSSR count). The van der Waals surface area contributed by atoms with E-state index in [2.05, 4.69) is 10.6 Å². The monoisotopic (exact) mass is 495 g/mol. The first-order valence-corrected chi connectivity index (χ1v) is 12.6. The van der Waals surface area contributed by atoms with Crippen LogP contribution in [0.1, 0.15) is 54.1 Å². The highest BCUT2D eigenvalue weighted by molar-refractivity contribution is 7.12. The molecular formula is C26H29N3O5S. The highest BCUT2D eigenvalue weighted by Gasteiger charge is 2.36. The first-order valence-electron chi connectivity index (χ1n) is 11.8. The molecule has 1 aromatic carbocycles. The Kier molecular flexibility index (Phi) is 8.20. The summed E-state index contributed by atoms with van der Waals surface area (Å²) in [4.78, 5) is 41.5. The molecule has 1 unspecified atom stereocenters. The van der Waals surface area contributed by atoms with Crippen LogP contribution in [0.2, 0.25) is 0 Å². The van der Waals surface area contributed by atoms with E-state index in [-0.39, 0.29) is 24.4 Å². The Morgan fingerprint density at radius 2 is 1.89 bits per heavy atom. The zero-order chi connectivity index (χ0) is 24.6. The molecule has 9 heteroatoms. The molecule has 0 radical (unpaired) electrons. The number of hydrogen-bond acceptors (Lipinski definition) is 6. The fourth-order valence-electron chi connectivity index (χ4n) is 4.21. The van der Waals surface area contributed by atoms with Gasteiger partial charge in [0.2, 0.25) is 5.91 Å². The molecule has 0 bridgehead atoms. The van der Waals surface area contributed by atoms with Gasteiger partial charge in [0.05, 0.1) is 24.3 Å². The van der Waals surface area contributed by atoms with E-state index in [4.69, 9.17) is 9.15 Å². The number of ether oxygens (including phenoxy) is 1. The molecule has 3 aromatic rings. The predicted octanol–water partition coefficient (Wildman–Crippen LogP) is 4.30. The van der Waals surface area contributed by atoms with Crippen LogP contribution >= 0.6 is 11.3 Å². The lowest BCUT2D eigenvalue weighted by Crippen LogP contribution is -2.49. The van der Waals surface area contributed by atoms with Crippen molar-refractivity contribution in [2.75, 3.05) is 18.1 Å². The van der Waals surface area contributed by atoms with Crippen LogP contribution in [0.4, 0.5) is 5.69 Å². The van der Waals surface area contributed by atoms with Crippen molar-refractivity contribution < 1.29 is 23.5 Å². The van der Waals surface area contributed by atoms with Crippen LogP contribution in [0.25, 0.3) is 0 Å². The van der Waals surface area contributed by atoms with Crippen molar-refractivity contribution in [3.8, 4) is 5.75 Å². The zero-order valence-corrected chi connectivity index (χ0v) is 20.4. The summed E-state index contributed by atoms with van der Waals surface area (Å²) in [5, 5.41) is 7.56. The number of nitrogens with zero attached hydrogens (tertiary/aromatic N) is 1. The van der Waals surface area contributed by atoms with Gasteiger partial charge in [-0.3, -0.25) is 19.3 Å². The van der Waals surface area contributed by atoms with E-state index in [0.717, 1.165) is 25.7 Å². The second-order valence-corrected chi connectivity index (χ2v) is 9.21. The van der Waals surface area contributed by atoms with E-state index >= 15 is 0 Å². The Morgan fingerprint density at radius 3 is 2.51 bits per heavy atom. The SMILES string of the molecule is CCOc1ccc(N(C(=O)CNC(=O)c2cccs2)C(C(=O)NC2CCCC2)c2ccco2)cc1. The fourth-order valence-corrected chi connectivity index (χ4v) is 4.85. The van der Waals surface area contributed by atoms with Crippen molar-refractivity contribution in [3.05, 3.63) is 70.8 Å². The molecule has 8 nitrogen and oxygen atoms in total. The molecular weight excluding hydrogens is 466 g/mol. The second kappa shape index (κ2) is 11.7. The number of thiophene rings is 1. The average Bonchev–Trinajstić information content (AvgIpc) is 3.65. The summed E-state index contributed by atoms with van der Waals surface area (Å²) >= 11 is 1.29. The molecule has 1 saturated carbocycles. The van der Waals surface area contributed by atoms with Gasteiger partial charge in [0, 0.05) is 11.7 Å². The smallest absolute Gasteiger partial charge is 0.261 e. The molecule has 1 aliphatic rings. The van der Waals surface area contributed by atoms with E-state index < -0.39 is 11.9 Å². The van der Waals surface area contributed by atoms with E-state index in [9.17, 15) is 14.4 Å².